The molecule has 0 aliphatic heterocycles. The van der Waals surface area contributed by atoms with Crippen LogP contribution in [0.25, 0.3) is 28.0 Å². The highest BCUT2D eigenvalue weighted by atomic mass is 16.5. The molecule has 4 aromatic rings. The Balaban J connectivity index is 1.53. The average molecular weight is 461 g/mol. The van der Waals surface area contributed by atoms with Gasteiger partial charge in [-0.3, -0.25) is 4.57 Å². The number of fused-ring (bicyclic) bond motifs is 1. The number of nitrogens with zero attached hydrogens (tertiary/aromatic N) is 3. The third kappa shape index (κ3) is 5.53. The van der Waals surface area contributed by atoms with E-state index in [1.807, 2.05) is 67.8 Å². The molecule has 0 spiro atoms. The van der Waals surface area contributed by atoms with Gasteiger partial charge in [-0.1, -0.05) is 24.3 Å². The molecule has 0 saturated carbocycles. The molecule has 2 heterocycles. The number of benzene rings is 2. The fraction of sp³-hybridized carbons (Fsp3) is 0.308. The molecular weight excluding hydrogens is 428 g/mol. The Morgan fingerprint density at radius 2 is 1.94 bits per heavy atom. The summed E-state index contributed by atoms with van der Waals surface area (Å²) in [4.78, 5) is 22.5. The summed E-state index contributed by atoms with van der Waals surface area (Å²) in [6.45, 7) is 4.04. The Hall–Kier alpha value is -3.46. The van der Waals surface area contributed by atoms with E-state index >= 15 is 0 Å². The standard InChI is InChI=1S/C26H32N6O2/c1-28-12-14-31(2)13-5-15-34-24-7-4-3-6-22(24)23-16-20-18-32(26(33)30-25(20)29-23)21-10-8-19(17-27)9-11-21/h3-4,6-11,16,18,28H,5,12-15,17,27H2,1-2H3,(H,29,30,33). The van der Waals surface area contributed by atoms with Gasteiger partial charge in [-0.25, -0.2) is 4.79 Å². The predicted octanol–water partition coefficient (Wildman–Crippen LogP) is 2.76. The Labute approximate surface area is 199 Å². The first-order valence-corrected chi connectivity index (χ1v) is 11.6. The van der Waals surface area contributed by atoms with Crippen molar-refractivity contribution in [3.8, 4) is 22.7 Å². The van der Waals surface area contributed by atoms with Gasteiger partial charge < -0.3 is 25.7 Å². The second kappa shape index (κ2) is 11.1. The molecule has 0 fully saturated rings. The SMILES string of the molecule is CNCCN(C)CCCOc1ccccc1-c1cc2cn(-c3ccc(CN)cc3)c(=O)nc2[nH]1. The summed E-state index contributed by atoms with van der Waals surface area (Å²) in [6, 6.07) is 17.5. The molecule has 0 bridgehead atoms. The predicted molar refractivity (Wildman–Crippen MR) is 137 cm³/mol. The van der Waals surface area contributed by atoms with Crippen LogP contribution in [0.1, 0.15) is 12.0 Å². The fourth-order valence-corrected chi connectivity index (χ4v) is 3.86. The van der Waals surface area contributed by atoms with Gasteiger partial charge in [0.05, 0.1) is 18.0 Å². The minimum absolute atomic E-state index is 0.340. The van der Waals surface area contributed by atoms with Crippen molar-refractivity contribution in [1.29, 1.82) is 0 Å². The molecule has 0 aliphatic rings. The van der Waals surface area contributed by atoms with Crippen molar-refractivity contribution in [2.75, 3.05) is 40.3 Å². The summed E-state index contributed by atoms with van der Waals surface area (Å²) < 4.78 is 7.67. The molecule has 0 unspecified atom stereocenters. The van der Waals surface area contributed by atoms with Crippen LogP contribution in [0.3, 0.4) is 0 Å². The van der Waals surface area contributed by atoms with Gasteiger partial charge in [0.1, 0.15) is 11.4 Å². The van der Waals surface area contributed by atoms with Crippen LogP contribution >= 0.6 is 0 Å². The number of nitrogens with one attached hydrogen (secondary N) is 2. The normalized spacial score (nSPS) is 11.4. The van der Waals surface area contributed by atoms with Gasteiger partial charge in [0, 0.05) is 43.3 Å². The van der Waals surface area contributed by atoms with E-state index < -0.39 is 0 Å². The molecule has 2 aromatic heterocycles. The number of aromatic amines is 1. The van der Waals surface area contributed by atoms with Crippen molar-refractivity contribution in [2.24, 2.45) is 5.73 Å². The highest BCUT2D eigenvalue weighted by molar-refractivity contribution is 5.84. The van der Waals surface area contributed by atoms with Crippen LogP contribution in [-0.4, -0.2) is 59.8 Å². The number of H-pyrrole nitrogens is 1. The van der Waals surface area contributed by atoms with Crippen molar-refractivity contribution in [3.63, 3.8) is 0 Å². The van der Waals surface area contributed by atoms with Gasteiger partial charge in [-0.05, 0) is 56.4 Å². The number of hydrogen-bond acceptors (Lipinski definition) is 6. The number of hydrogen-bond donors (Lipinski definition) is 3. The van der Waals surface area contributed by atoms with Crippen molar-refractivity contribution in [2.45, 2.75) is 13.0 Å². The Morgan fingerprint density at radius 3 is 2.71 bits per heavy atom. The van der Waals surface area contributed by atoms with E-state index in [9.17, 15) is 4.79 Å². The first-order chi connectivity index (χ1) is 16.6. The first kappa shape index (κ1) is 23.7. The minimum Gasteiger partial charge on any atom is -0.493 e. The summed E-state index contributed by atoms with van der Waals surface area (Å²) >= 11 is 0. The molecule has 4 N–H and O–H groups in total. The molecule has 0 radical (unpaired) electrons. The van der Waals surface area contributed by atoms with Gasteiger partial charge in [-0.15, -0.1) is 0 Å². The van der Waals surface area contributed by atoms with Gasteiger partial charge in [0.15, 0.2) is 0 Å². The largest absolute Gasteiger partial charge is 0.493 e. The average Bonchev–Trinajstić information content (AvgIpc) is 3.27. The van der Waals surface area contributed by atoms with E-state index in [0.29, 0.717) is 18.8 Å². The Kier molecular flexibility index (Phi) is 7.74. The summed E-state index contributed by atoms with van der Waals surface area (Å²) in [5.41, 5.74) is 9.46. The van der Waals surface area contributed by atoms with Crippen molar-refractivity contribution < 1.29 is 4.74 Å². The Bertz CT molecular complexity index is 1280. The van der Waals surface area contributed by atoms with Gasteiger partial charge >= 0.3 is 5.69 Å². The molecule has 8 nitrogen and oxygen atoms in total. The van der Waals surface area contributed by atoms with Gasteiger partial charge in [-0.2, -0.15) is 4.98 Å². The molecule has 8 heteroatoms. The van der Waals surface area contributed by atoms with Crippen molar-refractivity contribution >= 4 is 11.0 Å². The minimum atomic E-state index is -0.340. The van der Waals surface area contributed by atoms with E-state index in [1.165, 1.54) is 0 Å². The number of likely N-dealkylation sites (N-methyl/N-ethyl adjacent to an activating group) is 2. The van der Waals surface area contributed by atoms with Crippen LogP contribution in [0, 0.1) is 0 Å². The third-order valence-electron chi connectivity index (χ3n) is 5.82. The molecule has 0 aliphatic carbocycles. The summed E-state index contributed by atoms with van der Waals surface area (Å²) in [7, 11) is 4.08. The zero-order valence-electron chi connectivity index (χ0n) is 19.8. The Morgan fingerprint density at radius 1 is 1.15 bits per heavy atom. The molecule has 0 saturated heterocycles. The highest BCUT2D eigenvalue weighted by Gasteiger charge is 2.12. The van der Waals surface area contributed by atoms with E-state index in [1.54, 1.807) is 4.57 Å². The fourth-order valence-electron chi connectivity index (χ4n) is 3.86. The lowest BCUT2D eigenvalue weighted by molar-refractivity contribution is 0.264. The van der Waals surface area contributed by atoms with E-state index in [0.717, 1.165) is 59.7 Å². The smallest absolute Gasteiger partial charge is 0.354 e. The number of nitrogens with two attached hydrogens (primary N) is 1. The lowest BCUT2D eigenvalue weighted by Gasteiger charge is -2.16. The second-order valence-electron chi connectivity index (χ2n) is 8.36. The van der Waals surface area contributed by atoms with Crippen LogP contribution in [0.4, 0.5) is 0 Å². The van der Waals surface area contributed by atoms with Crippen LogP contribution in [-0.2, 0) is 6.54 Å². The maximum Gasteiger partial charge on any atom is 0.354 e. The zero-order chi connectivity index (χ0) is 23.9. The summed E-state index contributed by atoms with van der Waals surface area (Å²) in [6.07, 6.45) is 2.75. The molecule has 2 aromatic carbocycles. The molecule has 0 atom stereocenters. The molecule has 0 amide bonds. The van der Waals surface area contributed by atoms with E-state index in [-0.39, 0.29) is 5.69 Å². The van der Waals surface area contributed by atoms with Crippen LogP contribution in [0.15, 0.2) is 65.6 Å². The number of para-hydroxylation sites is 1. The maximum absolute atomic E-state index is 12.7. The molecular formula is C26H32N6O2. The molecule has 4 rings (SSSR count). The molecule has 178 valence electrons. The third-order valence-corrected chi connectivity index (χ3v) is 5.82. The van der Waals surface area contributed by atoms with Crippen LogP contribution in [0.5, 0.6) is 5.75 Å². The van der Waals surface area contributed by atoms with Gasteiger partial charge in [0.2, 0.25) is 0 Å². The first-order valence-electron chi connectivity index (χ1n) is 11.6. The number of ether oxygens (including phenoxy) is 1. The monoisotopic (exact) mass is 460 g/mol. The lowest BCUT2D eigenvalue weighted by Crippen LogP contribution is -2.28. The topological polar surface area (TPSA) is 101 Å². The van der Waals surface area contributed by atoms with Gasteiger partial charge in [0.25, 0.3) is 0 Å². The summed E-state index contributed by atoms with van der Waals surface area (Å²) in [5, 5.41) is 4.01. The number of rotatable bonds is 11. The zero-order valence-corrected chi connectivity index (χ0v) is 19.8. The number of aromatic nitrogens is 3. The van der Waals surface area contributed by atoms with Crippen LogP contribution in [0.2, 0.25) is 0 Å². The van der Waals surface area contributed by atoms with E-state index in [2.05, 4.69) is 27.2 Å². The maximum atomic E-state index is 12.7. The van der Waals surface area contributed by atoms with Crippen molar-refractivity contribution in [1.82, 2.24) is 24.8 Å². The molecule has 34 heavy (non-hydrogen) atoms. The summed E-state index contributed by atoms with van der Waals surface area (Å²) in [5.74, 6) is 0.805. The lowest BCUT2D eigenvalue weighted by atomic mass is 10.1. The van der Waals surface area contributed by atoms with E-state index in [4.69, 9.17) is 10.5 Å². The highest BCUT2D eigenvalue weighted by Crippen LogP contribution is 2.31. The van der Waals surface area contributed by atoms with Crippen LogP contribution < -0.4 is 21.5 Å². The quantitative estimate of drug-likeness (QED) is 0.298. The van der Waals surface area contributed by atoms with Crippen molar-refractivity contribution in [3.05, 3.63) is 76.8 Å². The second-order valence-corrected chi connectivity index (χ2v) is 8.36.